The molecule has 3 unspecified atom stereocenters. The standard InChI is InChI=1S/C12H24N2OS/c1-10(5-8-16(2)15)13-12-9-14-6-3-11(12)4-7-14/h10-13H,3-9H2,1-2H3. The summed E-state index contributed by atoms with van der Waals surface area (Å²) in [5.74, 6) is 1.72. The predicted octanol–water partition coefficient (Wildman–Crippen LogP) is 0.827. The third-order valence-electron chi connectivity index (χ3n) is 3.99. The van der Waals surface area contributed by atoms with E-state index in [-0.39, 0.29) is 0 Å². The minimum atomic E-state index is -0.645. The monoisotopic (exact) mass is 244 g/mol. The summed E-state index contributed by atoms with van der Waals surface area (Å²) in [4.78, 5) is 2.57. The fourth-order valence-electron chi connectivity index (χ4n) is 2.95. The second kappa shape index (κ2) is 5.61. The Bertz CT molecular complexity index is 251. The molecule has 16 heavy (non-hydrogen) atoms. The summed E-state index contributed by atoms with van der Waals surface area (Å²) < 4.78 is 11.0. The Labute approximate surface area is 101 Å². The fraction of sp³-hybridized carbons (Fsp3) is 1.00. The Balaban J connectivity index is 1.74. The van der Waals surface area contributed by atoms with Crippen LogP contribution >= 0.6 is 0 Å². The van der Waals surface area contributed by atoms with E-state index in [1.807, 2.05) is 0 Å². The number of hydrogen-bond acceptors (Lipinski definition) is 3. The highest BCUT2D eigenvalue weighted by Gasteiger charge is 2.34. The largest absolute Gasteiger partial charge is 0.310 e. The van der Waals surface area contributed by atoms with Crippen LogP contribution in [0.3, 0.4) is 0 Å². The molecule has 0 saturated carbocycles. The zero-order chi connectivity index (χ0) is 11.5. The summed E-state index contributed by atoms with van der Waals surface area (Å²) in [6, 6.07) is 1.19. The smallest absolute Gasteiger partial charge is 0.0246 e. The first-order chi connectivity index (χ1) is 7.65. The van der Waals surface area contributed by atoms with Crippen molar-refractivity contribution < 1.29 is 4.21 Å². The van der Waals surface area contributed by atoms with Gasteiger partial charge in [0.15, 0.2) is 0 Å². The molecule has 3 atom stereocenters. The zero-order valence-electron chi connectivity index (χ0n) is 10.4. The van der Waals surface area contributed by atoms with Gasteiger partial charge in [-0.15, -0.1) is 0 Å². The molecule has 0 aliphatic carbocycles. The molecule has 3 nitrogen and oxygen atoms in total. The molecule has 0 aromatic heterocycles. The second-order valence-corrected chi connectivity index (χ2v) is 6.93. The Kier molecular flexibility index (Phi) is 4.39. The van der Waals surface area contributed by atoms with E-state index in [1.54, 1.807) is 6.26 Å². The van der Waals surface area contributed by atoms with Crippen LogP contribution in [0.4, 0.5) is 0 Å². The molecular weight excluding hydrogens is 220 g/mol. The van der Waals surface area contributed by atoms with E-state index in [0.29, 0.717) is 12.1 Å². The highest BCUT2D eigenvalue weighted by Crippen LogP contribution is 2.27. The lowest BCUT2D eigenvalue weighted by atomic mass is 9.83. The SMILES string of the molecule is CC(CCS(C)=O)NC1CN2CCC1CC2. The van der Waals surface area contributed by atoms with Crippen molar-refractivity contribution in [1.82, 2.24) is 10.2 Å². The summed E-state index contributed by atoms with van der Waals surface area (Å²) in [7, 11) is -0.645. The van der Waals surface area contributed by atoms with E-state index in [2.05, 4.69) is 17.1 Å². The van der Waals surface area contributed by atoms with Gasteiger partial charge >= 0.3 is 0 Å². The summed E-state index contributed by atoms with van der Waals surface area (Å²) >= 11 is 0. The van der Waals surface area contributed by atoms with Crippen LogP contribution in [0.2, 0.25) is 0 Å². The lowest BCUT2D eigenvalue weighted by Crippen LogP contribution is -2.57. The minimum absolute atomic E-state index is 0.509. The van der Waals surface area contributed by atoms with Crippen LogP contribution in [0, 0.1) is 5.92 Å². The Hall–Kier alpha value is 0.0700. The van der Waals surface area contributed by atoms with Crippen LogP contribution in [0.25, 0.3) is 0 Å². The quantitative estimate of drug-likeness (QED) is 0.777. The van der Waals surface area contributed by atoms with Gasteiger partial charge in [-0.1, -0.05) is 0 Å². The Morgan fingerprint density at radius 2 is 2.12 bits per heavy atom. The van der Waals surface area contributed by atoms with Gasteiger partial charge in [-0.05, 0) is 45.2 Å². The molecule has 3 fully saturated rings. The highest BCUT2D eigenvalue weighted by molar-refractivity contribution is 7.84. The normalized spacial score (nSPS) is 37.2. The van der Waals surface area contributed by atoms with Crippen molar-refractivity contribution in [2.24, 2.45) is 5.92 Å². The molecule has 94 valence electrons. The third-order valence-corrected chi connectivity index (χ3v) is 4.80. The number of nitrogens with zero attached hydrogens (tertiary/aromatic N) is 1. The van der Waals surface area contributed by atoms with Gasteiger partial charge in [-0.2, -0.15) is 0 Å². The number of fused-ring (bicyclic) bond motifs is 3. The highest BCUT2D eigenvalue weighted by atomic mass is 32.2. The first-order valence-corrected chi connectivity index (χ1v) is 8.16. The number of nitrogens with one attached hydrogen (secondary N) is 1. The number of hydrogen-bond donors (Lipinski definition) is 1. The fourth-order valence-corrected chi connectivity index (χ4v) is 3.63. The maximum Gasteiger partial charge on any atom is 0.0246 e. The van der Waals surface area contributed by atoms with Gasteiger partial charge < -0.3 is 10.2 Å². The molecule has 3 saturated heterocycles. The van der Waals surface area contributed by atoms with E-state index >= 15 is 0 Å². The maximum absolute atomic E-state index is 11.0. The molecule has 0 radical (unpaired) electrons. The van der Waals surface area contributed by atoms with Crippen LogP contribution in [0.5, 0.6) is 0 Å². The molecule has 3 aliphatic heterocycles. The molecule has 3 rings (SSSR count). The summed E-state index contributed by atoms with van der Waals surface area (Å²) in [6.07, 6.45) is 5.56. The first-order valence-electron chi connectivity index (χ1n) is 6.43. The van der Waals surface area contributed by atoms with E-state index < -0.39 is 10.8 Å². The molecule has 4 heteroatoms. The van der Waals surface area contributed by atoms with Crippen LogP contribution in [0.1, 0.15) is 26.2 Å². The predicted molar refractivity (Wildman–Crippen MR) is 69.1 cm³/mol. The lowest BCUT2D eigenvalue weighted by molar-refractivity contribution is 0.0679. The van der Waals surface area contributed by atoms with Crippen molar-refractivity contribution in [3.05, 3.63) is 0 Å². The van der Waals surface area contributed by atoms with E-state index in [9.17, 15) is 4.21 Å². The second-order valence-electron chi connectivity index (χ2n) is 5.38. The average Bonchev–Trinajstić information content (AvgIpc) is 2.28. The van der Waals surface area contributed by atoms with Crippen molar-refractivity contribution in [2.75, 3.05) is 31.6 Å². The van der Waals surface area contributed by atoms with Crippen LogP contribution in [-0.4, -0.2) is 52.8 Å². The van der Waals surface area contributed by atoms with Crippen molar-refractivity contribution in [1.29, 1.82) is 0 Å². The Morgan fingerprint density at radius 3 is 2.62 bits per heavy atom. The summed E-state index contributed by atoms with van der Waals surface area (Å²) in [5.41, 5.74) is 0. The summed E-state index contributed by atoms with van der Waals surface area (Å²) in [5, 5.41) is 3.73. The van der Waals surface area contributed by atoms with Gasteiger partial charge in [0.25, 0.3) is 0 Å². The first kappa shape index (κ1) is 12.5. The van der Waals surface area contributed by atoms with Gasteiger partial charge in [0, 0.05) is 41.4 Å². The van der Waals surface area contributed by atoms with Gasteiger partial charge in [-0.3, -0.25) is 4.21 Å². The number of piperidine rings is 3. The zero-order valence-corrected chi connectivity index (χ0v) is 11.3. The van der Waals surface area contributed by atoms with Crippen LogP contribution < -0.4 is 5.32 Å². The molecule has 0 aromatic carbocycles. The van der Waals surface area contributed by atoms with Crippen molar-refractivity contribution in [3.63, 3.8) is 0 Å². The Morgan fingerprint density at radius 1 is 1.44 bits per heavy atom. The third kappa shape index (κ3) is 3.28. The molecular formula is C12H24N2OS. The van der Waals surface area contributed by atoms with E-state index in [4.69, 9.17) is 0 Å². The number of rotatable bonds is 5. The van der Waals surface area contributed by atoms with Crippen molar-refractivity contribution in [2.45, 2.75) is 38.3 Å². The van der Waals surface area contributed by atoms with Crippen LogP contribution in [0.15, 0.2) is 0 Å². The van der Waals surface area contributed by atoms with Crippen LogP contribution in [-0.2, 0) is 10.8 Å². The maximum atomic E-state index is 11.0. The molecule has 0 spiro atoms. The molecule has 2 bridgehead atoms. The molecule has 3 heterocycles. The van der Waals surface area contributed by atoms with Crippen molar-refractivity contribution in [3.8, 4) is 0 Å². The minimum Gasteiger partial charge on any atom is -0.310 e. The van der Waals surface area contributed by atoms with E-state index in [0.717, 1.165) is 18.1 Å². The lowest BCUT2D eigenvalue weighted by Gasteiger charge is -2.46. The average molecular weight is 244 g/mol. The summed E-state index contributed by atoms with van der Waals surface area (Å²) in [6.45, 7) is 6.06. The topological polar surface area (TPSA) is 32.3 Å². The molecule has 1 N–H and O–H groups in total. The van der Waals surface area contributed by atoms with Gasteiger partial charge in [-0.25, -0.2) is 0 Å². The molecule has 0 aromatic rings. The van der Waals surface area contributed by atoms with E-state index in [1.165, 1.54) is 32.5 Å². The molecule has 0 amide bonds. The van der Waals surface area contributed by atoms with Gasteiger partial charge in [0.05, 0.1) is 0 Å². The van der Waals surface area contributed by atoms with Crippen molar-refractivity contribution >= 4 is 10.8 Å². The van der Waals surface area contributed by atoms with Gasteiger partial charge in [0.1, 0.15) is 0 Å². The van der Waals surface area contributed by atoms with Gasteiger partial charge in [0.2, 0.25) is 0 Å². The molecule has 3 aliphatic rings.